The Labute approximate surface area is 349 Å². The second kappa shape index (κ2) is 43.5. The van der Waals surface area contributed by atoms with Gasteiger partial charge in [0.1, 0.15) is 12.7 Å². The molecule has 0 saturated heterocycles. The summed E-state index contributed by atoms with van der Waals surface area (Å²) in [5, 5.41) is 12.7. The summed E-state index contributed by atoms with van der Waals surface area (Å²) in [5.41, 5.74) is 0. The van der Waals surface area contributed by atoms with E-state index in [1.165, 1.54) is 116 Å². The number of hydrogen-bond acceptors (Lipinski definition) is 7. The van der Waals surface area contributed by atoms with E-state index in [-0.39, 0.29) is 32.1 Å². The number of amides is 1. The molecule has 0 aliphatic carbocycles. The van der Waals surface area contributed by atoms with Gasteiger partial charge in [-0.05, 0) is 51.4 Å². The minimum absolute atomic E-state index is 0.0588. The standard InChI is InChI=1S/C47H86NO8P/c1-3-5-7-9-11-13-15-17-19-20-21-22-23-24-26-28-30-32-34-36-38-40-47(51)54-43-45(49)44-56-57(52,53)55-42-41-48-46(50)39-37-35-33-31-29-27-25-18-16-14-12-10-8-6-4-2/h6,8,12,14,18,25,29,31,45,49H,3-5,7,9-11,13,15-17,19-24,26-28,30,32-44H2,1-2H3,(H,48,50)(H,52,53)/b8-6-,14-12-,25-18-,31-29-. The molecule has 0 aromatic carbocycles. The molecule has 1 amide bonds. The molecule has 0 aliphatic heterocycles. The van der Waals surface area contributed by atoms with Crippen LogP contribution < -0.4 is 5.32 Å². The molecule has 0 spiro atoms. The van der Waals surface area contributed by atoms with Gasteiger partial charge < -0.3 is 20.1 Å². The zero-order valence-electron chi connectivity index (χ0n) is 36.5. The molecule has 57 heavy (non-hydrogen) atoms. The van der Waals surface area contributed by atoms with E-state index in [4.69, 9.17) is 13.8 Å². The van der Waals surface area contributed by atoms with Crippen LogP contribution in [0.25, 0.3) is 0 Å². The molecule has 0 bridgehead atoms. The van der Waals surface area contributed by atoms with E-state index in [1.807, 2.05) is 0 Å². The lowest BCUT2D eigenvalue weighted by Crippen LogP contribution is -2.27. The Morgan fingerprint density at radius 1 is 0.561 bits per heavy atom. The van der Waals surface area contributed by atoms with E-state index in [2.05, 4.69) is 67.8 Å². The van der Waals surface area contributed by atoms with E-state index >= 15 is 0 Å². The lowest BCUT2D eigenvalue weighted by atomic mass is 10.0. The Bertz CT molecular complexity index is 1080. The van der Waals surface area contributed by atoms with Crippen molar-refractivity contribution in [1.29, 1.82) is 0 Å². The summed E-state index contributed by atoms with van der Waals surface area (Å²) in [6.07, 6.45) is 50.5. The first-order chi connectivity index (χ1) is 27.8. The number of esters is 1. The molecule has 0 aliphatic rings. The molecule has 0 aromatic rings. The van der Waals surface area contributed by atoms with Crippen molar-refractivity contribution in [3.05, 3.63) is 48.6 Å². The first-order valence-corrected chi connectivity index (χ1v) is 24.6. The quantitative estimate of drug-likeness (QED) is 0.0240. The molecule has 332 valence electrons. The van der Waals surface area contributed by atoms with Gasteiger partial charge in [0.15, 0.2) is 0 Å². The minimum Gasteiger partial charge on any atom is -0.463 e. The van der Waals surface area contributed by atoms with Crippen LogP contribution in [0.1, 0.15) is 206 Å². The van der Waals surface area contributed by atoms with Crippen molar-refractivity contribution in [1.82, 2.24) is 5.32 Å². The van der Waals surface area contributed by atoms with Gasteiger partial charge in [-0.15, -0.1) is 0 Å². The summed E-state index contributed by atoms with van der Waals surface area (Å²) < 4.78 is 26.9. The first kappa shape index (κ1) is 55.0. The minimum atomic E-state index is -4.43. The Hall–Kier alpha value is -2.03. The maximum absolute atomic E-state index is 12.1. The monoisotopic (exact) mass is 824 g/mol. The van der Waals surface area contributed by atoms with Gasteiger partial charge in [-0.1, -0.05) is 191 Å². The van der Waals surface area contributed by atoms with Crippen molar-refractivity contribution in [2.75, 3.05) is 26.4 Å². The predicted molar refractivity (Wildman–Crippen MR) is 238 cm³/mol. The summed E-state index contributed by atoms with van der Waals surface area (Å²) in [6, 6.07) is 0. The fourth-order valence-corrected chi connectivity index (χ4v) is 7.07. The van der Waals surface area contributed by atoms with E-state index in [0.717, 1.165) is 64.2 Å². The average molecular weight is 824 g/mol. The average Bonchev–Trinajstić information content (AvgIpc) is 3.20. The van der Waals surface area contributed by atoms with Crippen molar-refractivity contribution in [3.8, 4) is 0 Å². The number of nitrogens with one attached hydrogen (secondary N) is 1. The molecule has 0 heterocycles. The molecule has 0 radical (unpaired) electrons. The van der Waals surface area contributed by atoms with Crippen LogP contribution in [0.2, 0.25) is 0 Å². The van der Waals surface area contributed by atoms with Crippen molar-refractivity contribution >= 4 is 19.7 Å². The summed E-state index contributed by atoms with van der Waals surface area (Å²) in [6.45, 7) is 3.41. The second-order valence-corrected chi connectivity index (χ2v) is 16.8. The smallest absolute Gasteiger partial charge is 0.463 e. The summed E-state index contributed by atoms with van der Waals surface area (Å²) in [5.74, 6) is -0.555. The van der Waals surface area contributed by atoms with Crippen LogP contribution in [0.3, 0.4) is 0 Å². The summed E-state index contributed by atoms with van der Waals surface area (Å²) in [7, 11) is -4.43. The van der Waals surface area contributed by atoms with Crippen LogP contribution in [0.5, 0.6) is 0 Å². The van der Waals surface area contributed by atoms with Crippen LogP contribution in [0, 0.1) is 0 Å². The SMILES string of the molecule is CC/C=C\C/C=C\C/C=C\C/C=C\CCCCC(=O)NCCOP(=O)(O)OCC(O)COC(=O)CCCCCCCCCCCCCCCCCCCCCCC. The fourth-order valence-electron chi connectivity index (χ4n) is 6.31. The third-order valence-corrected chi connectivity index (χ3v) is 10.8. The highest BCUT2D eigenvalue weighted by molar-refractivity contribution is 7.47. The summed E-state index contributed by atoms with van der Waals surface area (Å²) in [4.78, 5) is 33.9. The Kier molecular flexibility index (Phi) is 42.0. The number of ether oxygens (including phenoxy) is 1. The van der Waals surface area contributed by atoms with E-state index in [1.54, 1.807) is 0 Å². The van der Waals surface area contributed by atoms with Gasteiger partial charge in [0, 0.05) is 19.4 Å². The van der Waals surface area contributed by atoms with E-state index in [9.17, 15) is 24.2 Å². The maximum Gasteiger partial charge on any atom is 0.472 e. The van der Waals surface area contributed by atoms with Crippen LogP contribution in [-0.2, 0) is 27.9 Å². The Balaban J connectivity index is 3.59. The molecule has 2 atom stereocenters. The maximum atomic E-state index is 12.1. The van der Waals surface area contributed by atoms with E-state index in [0.29, 0.717) is 6.42 Å². The molecule has 0 aromatic heterocycles. The van der Waals surface area contributed by atoms with Crippen LogP contribution >= 0.6 is 7.82 Å². The molecule has 0 rings (SSSR count). The third-order valence-electron chi connectivity index (χ3n) is 9.77. The molecule has 0 saturated carbocycles. The lowest BCUT2D eigenvalue weighted by molar-refractivity contribution is -0.147. The van der Waals surface area contributed by atoms with Crippen molar-refractivity contribution in [2.45, 2.75) is 213 Å². The van der Waals surface area contributed by atoms with Gasteiger partial charge in [0.25, 0.3) is 0 Å². The number of rotatable bonds is 43. The number of hydrogen-bond donors (Lipinski definition) is 3. The lowest BCUT2D eigenvalue weighted by Gasteiger charge is -2.15. The van der Waals surface area contributed by atoms with Crippen LogP contribution in [0.15, 0.2) is 48.6 Å². The fraction of sp³-hybridized carbons (Fsp3) is 0.787. The number of carbonyl (C=O) groups excluding carboxylic acids is 2. The highest BCUT2D eigenvalue weighted by Gasteiger charge is 2.23. The van der Waals surface area contributed by atoms with Gasteiger partial charge in [-0.2, -0.15) is 0 Å². The Morgan fingerprint density at radius 2 is 1.00 bits per heavy atom. The van der Waals surface area contributed by atoms with Crippen molar-refractivity contribution < 1.29 is 37.9 Å². The number of phosphoric acid groups is 1. The van der Waals surface area contributed by atoms with Gasteiger partial charge in [-0.3, -0.25) is 18.6 Å². The van der Waals surface area contributed by atoms with Gasteiger partial charge >= 0.3 is 13.8 Å². The molecular formula is C47H86NO8P. The van der Waals surface area contributed by atoms with Gasteiger partial charge in [-0.25, -0.2) is 4.57 Å². The van der Waals surface area contributed by atoms with Crippen molar-refractivity contribution in [3.63, 3.8) is 0 Å². The third kappa shape index (κ3) is 44.9. The molecule has 3 N–H and O–H groups in total. The van der Waals surface area contributed by atoms with Crippen LogP contribution in [0.4, 0.5) is 0 Å². The number of phosphoric ester groups is 1. The zero-order chi connectivity index (χ0) is 41.8. The first-order valence-electron chi connectivity index (χ1n) is 23.1. The number of unbranched alkanes of at least 4 members (excludes halogenated alkanes) is 22. The highest BCUT2D eigenvalue weighted by Crippen LogP contribution is 2.42. The molecule has 2 unspecified atom stereocenters. The highest BCUT2D eigenvalue weighted by atomic mass is 31.2. The number of aliphatic hydroxyl groups excluding tert-OH is 1. The zero-order valence-corrected chi connectivity index (χ0v) is 37.4. The second-order valence-electron chi connectivity index (χ2n) is 15.4. The number of allylic oxidation sites excluding steroid dienone is 8. The predicted octanol–water partition coefficient (Wildman–Crippen LogP) is 13.1. The molecule has 10 heteroatoms. The number of aliphatic hydroxyl groups is 1. The van der Waals surface area contributed by atoms with Gasteiger partial charge in [0.2, 0.25) is 5.91 Å². The molecular weight excluding hydrogens is 737 g/mol. The molecule has 0 fully saturated rings. The molecule has 9 nitrogen and oxygen atoms in total. The van der Waals surface area contributed by atoms with Crippen LogP contribution in [-0.4, -0.2) is 54.3 Å². The largest absolute Gasteiger partial charge is 0.472 e. The van der Waals surface area contributed by atoms with E-state index < -0.39 is 26.5 Å². The number of carbonyl (C=O) groups is 2. The topological polar surface area (TPSA) is 131 Å². The van der Waals surface area contributed by atoms with Crippen molar-refractivity contribution in [2.24, 2.45) is 0 Å². The van der Waals surface area contributed by atoms with Gasteiger partial charge in [0.05, 0.1) is 13.2 Å². The normalized spacial score (nSPS) is 13.7. The summed E-state index contributed by atoms with van der Waals surface area (Å²) >= 11 is 0. The Morgan fingerprint density at radius 3 is 1.49 bits per heavy atom.